The summed E-state index contributed by atoms with van der Waals surface area (Å²) in [5.74, 6) is 1.43. The van der Waals surface area contributed by atoms with Gasteiger partial charge in [-0.1, -0.05) is 19.3 Å². The summed E-state index contributed by atoms with van der Waals surface area (Å²) in [6, 6.07) is 0.291. The van der Waals surface area contributed by atoms with Gasteiger partial charge in [0.25, 0.3) is 0 Å². The maximum atomic E-state index is 12.8. The maximum absolute atomic E-state index is 12.8. The molecule has 3 aliphatic carbocycles. The quantitative estimate of drug-likeness (QED) is 0.824. The van der Waals surface area contributed by atoms with Crippen molar-refractivity contribution in [1.29, 1.82) is 0 Å². The Labute approximate surface area is 145 Å². The fraction of sp³-hybridized carbons (Fsp3) is 0.895. The van der Waals surface area contributed by atoms with Gasteiger partial charge in [-0.3, -0.25) is 9.59 Å². The summed E-state index contributed by atoms with van der Waals surface area (Å²) < 4.78 is 0. The molecule has 3 saturated carbocycles. The molecule has 136 valence electrons. The van der Waals surface area contributed by atoms with E-state index in [1.54, 1.807) is 4.90 Å². The molecule has 0 spiro atoms. The van der Waals surface area contributed by atoms with Crippen LogP contribution < -0.4 is 11.1 Å². The highest BCUT2D eigenvalue weighted by Crippen LogP contribution is 2.42. The summed E-state index contributed by atoms with van der Waals surface area (Å²) in [5.41, 5.74) is 5.96. The Morgan fingerprint density at radius 2 is 1.67 bits per heavy atom. The van der Waals surface area contributed by atoms with Crippen LogP contribution in [-0.4, -0.2) is 43.4 Å². The van der Waals surface area contributed by atoms with Crippen LogP contribution in [0, 0.1) is 23.2 Å². The van der Waals surface area contributed by atoms with Gasteiger partial charge >= 0.3 is 0 Å². The third-order valence-electron chi connectivity index (χ3n) is 6.81. The van der Waals surface area contributed by atoms with Gasteiger partial charge in [-0.15, -0.1) is 0 Å². The zero-order valence-electron chi connectivity index (χ0n) is 15.2. The molecule has 0 radical (unpaired) electrons. The standard InChI is InChI=1S/C19H33N3O2/c1-22(2)18(24)19(8-3-4-9-19)12-21-17(23)15-10-13-6-5-7-14(11-15)16(13)20/h13-16H,3-12,20H2,1-2H3,(H,21,23). The number of hydrogen-bond acceptors (Lipinski definition) is 3. The van der Waals surface area contributed by atoms with Gasteiger partial charge in [0.15, 0.2) is 0 Å². The molecule has 0 aromatic carbocycles. The number of nitrogens with two attached hydrogens (primary N) is 1. The first-order valence-electron chi connectivity index (χ1n) is 9.68. The van der Waals surface area contributed by atoms with Gasteiger partial charge in [0.2, 0.25) is 11.8 Å². The third-order valence-corrected chi connectivity index (χ3v) is 6.81. The van der Waals surface area contributed by atoms with E-state index in [1.807, 2.05) is 14.1 Å². The van der Waals surface area contributed by atoms with Crippen LogP contribution in [0.15, 0.2) is 0 Å². The van der Waals surface area contributed by atoms with E-state index in [2.05, 4.69) is 5.32 Å². The molecule has 2 amide bonds. The van der Waals surface area contributed by atoms with Crippen LogP contribution in [0.3, 0.4) is 0 Å². The highest BCUT2D eigenvalue weighted by atomic mass is 16.2. The molecule has 2 bridgehead atoms. The zero-order valence-corrected chi connectivity index (χ0v) is 15.2. The molecule has 0 heterocycles. The van der Waals surface area contributed by atoms with E-state index in [1.165, 1.54) is 19.3 Å². The average Bonchev–Trinajstić information content (AvgIpc) is 3.01. The van der Waals surface area contributed by atoms with Crippen molar-refractivity contribution >= 4 is 11.8 Å². The fourth-order valence-electron chi connectivity index (χ4n) is 5.40. The van der Waals surface area contributed by atoms with Crippen LogP contribution in [0.2, 0.25) is 0 Å². The number of amides is 2. The number of hydrogen-bond donors (Lipinski definition) is 2. The number of fused-ring (bicyclic) bond motifs is 2. The van der Waals surface area contributed by atoms with Crippen molar-refractivity contribution in [3.63, 3.8) is 0 Å². The van der Waals surface area contributed by atoms with Gasteiger partial charge in [0.05, 0.1) is 5.41 Å². The van der Waals surface area contributed by atoms with Crippen molar-refractivity contribution in [2.75, 3.05) is 20.6 Å². The fourth-order valence-corrected chi connectivity index (χ4v) is 5.40. The average molecular weight is 335 g/mol. The van der Waals surface area contributed by atoms with Crippen molar-refractivity contribution in [2.24, 2.45) is 28.9 Å². The predicted molar refractivity (Wildman–Crippen MR) is 94.1 cm³/mol. The lowest BCUT2D eigenvalue weighted by Gasteiger charge is -2.43. The van der Waals surface area contributed by atoms with E-state index in [0.717, 1.165) is 38.5 Å². The van der Waals surface area contributed by atoms with Crippen molar-refractivity contribution < 1.29 is 9.59 Å². The van der Waals surface area contributed by atoms with E-state index in [9.17, 15) is 9.59 Å². The van der Waals surface area contributed by atoms with E-state index in [0.29, 0.717) is 24.4 Å². The van der Waals surface area contributed by atoms with Gasteiger partial charge in [-0.05, 0) is 50.4 Å². The molecular formula is C19H33N3O2. The number of rotatable bonds is 4. The van der Waals surface area contributed by atoms with Gasteiger partial charge in [-0.2, -0.15) is 0 Å². The largest absolute Gasteiger partial charge is 0.355 e. The van der Waals surface area contributed by atoms with Crippen LogP contribution >= 0.6 is 0 Å². The molecule has 0 aromatic heterocycles. The number of nitrogens with one attached hydrogen (secondary N) is 1. The van der Waals surface area contributed by atoms with Gasteiger partial charge in [-0.25, -0.2) is 0 Å². The Morgan fingerprint density at radius 1 is 1.08 bits per heavy atom. The van der Waals surface area contributed by atoms with Gasteiger partial charge in [0.1, 0.15) is 0 Å². The van der Waals surface area contributed by atoms with Gasteiger partial charge < -0.3 is 16.0 Å². The molecule has 3 rings (SSSR count). The van der Waals surface area contributed by atoms with Gasteiger partial charge in [0, 0.05) is 32.6 Å². The topological polar surface area (TPSA) is 75.4 Å². The summed E-state index contributed by atoms with van der Waals surface area (Å²) in [6.45, 7) is 0.501. The molecule has 5 heteroatoms. The van der Waals surface area contributed by atoms with E-state index >= 15 is 0 Å². The Bertz CT molecular complexity index is 471. The molecule has 24 heavy (non-hydrogen) atoms. The van der Waals surface area contributed by atoms with Crippen LogP contribution in [-0.2, 0) is 9.59 Å². The summed E-state index contributed by atoms with van der Waals surface area (Å²) in [7, 11) is 3.63. The lowest BCUT2D eigenvalue weighted by atomic mass is 9.65. The molecule has 0 aromatic rings. The third kappa shape index (κ3) is 3.32. The lowest BCUT2D eigenvalue weighted by molar-refractivity contribution is -0.139. The second kappa shape index (κ2) is 7.03. The molecule has 2 atom stereocenters. The minimum absolute atomic E-state index is 0.0908. The summed E-state index contributed by atoms with van der Waals surface area (Å²) in [5, 5.41) is 3.15. The molecule has 2 unspecified atom stereocenters. The molecule has 0 saturated heterocycles. The Morgan fingerprint density at radius 3 is 2.21 bits per heavy atom. The number of carbonyl (C=O) groups excluding carboxylic acids is 2. The molecule has 3 N–H and O–H groups in total. The van der Waals surface area contributed by atoms with Crippen LogP contribution in [0.4, 0.5) is 0 Å². The van der Waals surface area contributed by atoms with Crippen molar-refractivity contribution in [3.05, 3.63) is 0 Å². The summed E-state index contributed by atoms with van der Waals surface area (Å²) >= 11 is 0. The van der Waals surface area contributed by atoms with Crippen LogP contribution in [0.25, 0.3) is 0 Å². The Balaban J connectivity index is 1.59. The molecule has 5 nitrogen and oxygen atoms in total. The molecule has 3 aliphatic rings. The van der Waals surface area contributed by atoms with E-state index < -0.39 is 0 Å². The van der Waals surface area contributed by atoms with Crippen molar-refractivity contribution in [1.82, 2.24) is 10.2 Å². The number of carbonyl (C=O) groups is 2. The summed E-state index contributed by atoms with van der Waals surface area (Å²) in [6.07, 6.45) is 9.41. The highest BCUT2D eigenvalue weighted by Gasteiger charge is 2.44. The van der Waals surface area contributed by atoms with Crippen molar-refractivity contribution in [2.45, 2.75) is 63.8 Å². The first kappa shape index (κ1) is 17.7. The molecule has 0 aliphatic heterocycles. The molecule has 3 fully saturated rings. The van der Waals surface area contributed by atoms with E-state index in [4.69, 9.17) is 5.73 Å². The Hall–Kier alpha value is -1.10. The highest BCUT2D eigenvalue weighted by molar-refractivity contribution is 5.84. The Kier molecular flexibility index (Phi) is 5.19. The lowest BCUT2D eigenvalue weighted by Crippen LogP contribution is -2.51. The maximum Gasteiger partial charge on any atom is 0.230 e. The minimum Gasteiger partial charge on any atom is -0.355 e. The second-order valence-electron chi connectivity index (χ2n) is 8.60. The minimum atomic E-state index is -0.375. The molecular weight excluding hydrogens is 302 g/mol. The predicted octanol–water partition coefficient (Wildman–Crippen LogP) is 1.90. The van der Waals surface area contributed by atoms with Crippen LogP contribution in [0.1, 0.15) is 57.8 Å². The smallest absolute Gasteiger partial charge is 0.230 e. The van der Waals surface area contributed by atoms with E-state index in [-0.39, 0.29) is 23.1 Å². The normalized spacial score (nSPS) is 34.6. The second-order valence-corrected chi connectivity index (χ2v) is 8.60. The first-order valence-corrected chi connectivity index (χ1v) is 9.68. The SMILES string of the molecule is CN(C)C(=O)C1(CNC(=O)C2CC3CCCC(C2)C3N)CCCC1. The monoisotopic (exact) mass is 335 g/mol. The first-order chi connectivity index (χ1) is 11.4. The summed E-state index contributed by atoms with van der Waals surface area (Å²) in [4.78, 5) is 27.0. The van der Waals surface area contributed by atoms with Crippen LogP contribution in [0.5, 0.6) is 0 Å². The van der Waals surface area contributed by atoms with Crippen molar-refractivity contribution in [3.8, 4) is 0 Å². The number of nitrogens with zero attached hydrogens (tertiary/aromatic N) is 1. The zero-order chi connectivity index (χ0) is 17.3.